The second kappa shape index (κ2) is 8.74. The molecule has 1 aromatic heterocycles. The van der Waals surface area contributed by atoms with Gasteiger partial charge in [0.05, 0.1) is 36.4 Å². The quantitative estimate of drug-likeness (QED) is 0.790. The summed E-state index contributed by atoms with van der Waals surface area (Å²) in [5.74, 6) is -0.133. The molecule has 0 unspecified atom stereocenters. The van der Waals surface area contributed by atoms with Gasteiger partial charge in [-0.2, -0.15) is 5.26 Å². The molecule has 1 aromatic carbocycles. The average Bonchev–Trinajstić information content (AvgIpc) is 2.77. The molecule has 0 saturated carbocycles. The van der Waals surface area contributed by atoms with Gasteiger partial charge in [-0.1, -0.05) is 0 Å². The number of anilines is 1. The van der Waals surface area contributed by atoms with E-state index in [1.807, 2.05) is 25.1 Å². The van der Waals surface area contributed by atoms with Crippen molar-refractivity contribution in [1.82, 2.24) is 15.6 Å². The van der Waals surface area contributed by atoms with Gasteiger partial charge in [0.25, 0.3) is 5.91 Å². The van der Waals surface area contributed by atoms with Crippen LogP contribution in [0.25, 0.3) is 10.9 Å². The molecule has 2 saturated heterocycles. The van der Waals surface area contributed by atoms with Crippen LogP contribution in [0.5, 0.6) is 0 Å². The van der Waals surface area contributed by atoms with Crippen molar-refractivity contribution in [2.75, 3.05) is 44.2 Å². The molecule has 4 rings (SSSR count). The van der Waals surface area contributed by atoms with Gasteiger partial charge in [-0.15, -0.1) is 0 Å². The Kier molecular flexibility index (Phi) is 5.90. The molecule has 29 heavy (non-hydrogen) atoms. The lowest BCUT2D eigenvalue weighted by molar-refractivity contribution is -0.138. The van der Waals surface area contributed by atoms with Crippen molar-refractivity contribution in [3.63, 3.8) is 0 Å². The van der Waals surface area contributed by atoms with E-state index in [9.17, 15) is 10.1 Å². The summed E-state index contributed by atoms with van der Waals surface area (Å²) < 4.78 is 11.6. The minimum Gasteiger partial charge on any atom is -0.374 e. The van der Waals surface area contributed by atoms with Gasteiger partial charge in [0.1, 0.15) is 6.07 Å². The number of rotatable bonds is 4. The highest BCUT2D eigenvalue weighted by Crippen LogP contribution is 2.30. The number of nitriles is 1. The van der Waals surface area contributed by atoms with Gasteiger partial charge < -0.3 is 25.0 Å². The molecule has 0 spiro atoms. The number of nitrogens with zero attached hydrogens (tertiary/aromatic N) is 3. The summed E-state index contributed by atoms with van der Waals surface area (Å²) in [5.41, 5.74) is 2.18. The number of fused-ring (bicyclic) bond motifs is 1. The van der Waals surface area contributed by atoms with Gasteiger partial charge in [0.15, 0.2) is 6.10 Å². The summed E-state index contributed by atoms with van der Waals surface area (Å²) in [5, 5.41) is 16.5. The summed E-state index contributed by atoms with van der Waals surface area (Å²) in [4.78, 5) is 19.3. The second-order valence-corrected chi connectivity index (χ2v) is 7.43. The Morgan fingerprint density at radius 1 is 1.41 bits per heavy atom. The molecule has 8 nitrogen and oxygen atoms in total. The van der Waals surface area contributed by atoms with E-state index in [4.69, 9.17) is 9.47 Å². The van der Waals surface area contributed by atoms with Crippen LogP contribution in [-0.2, 0) is 14.3 Å². The van der Waals surface area contributed by atoms with E-state index >= 15 is 0 Å². The van der Waals surface area contributed by atoms with Crippen molar-refractivity contribution in [2.45, 2.75) is 25.2 Å². The number of hydrogen-bond donors (Lipinski definition) is 2. The van der Waals surface area contributed by atoms with Gasteiger partial charge >= 0.3 is 0 Å². The lowest BCUT2D eigenvalue weighted by Crippen LogP contribution is -2.54. The molecule has 8 heteroatoms. The molecule has 0 aliphatic carbocycles. The zero-order chi connectivity index (χ0) is 20.2. The monoisotopic (exact) mass is 395 g/mol. The van der Waals surface area contributed by atoms with Crippen LogP contribution in [0.1, 0.15) is 12.5 Å². The maximum atomic E-state index is 12.7. The van der Waals surface area contributed by atoms with Crippen LogP contribution in [-0.4, -0.2) is 68.5 Å². The topological polar surface area (TPSA) is 99.5 Å². The molecule has 3 atom stereocenters. The third-order valence-corrected chi connectivity index (χ3v) is 5.27. The van der Waals surface area contributed by atoms with E-state index in [-0.39, 0.29) is 18.1 Å². The van der Waals surface area contributed by atoms with Crippen molar-refractivity contribution in [2.24, 2.45) is 0 Å². The Morgan fingerprint density at radius 2 is 2.31 bits per heavy atom. The van der Waals surface area contributed by atoms with Gasteiger partial charge in [0.2, 0.25) is 0 Å². The molecule has 2 aliphatic rings. The van der Waals surface area contributed by atoms with Crippen LogP contribution in [0, 0.1) is 11.3 Å². The number of carbonyl (C=O) groups excluding carboxylic acids is 1. The predicted octanol–water partition coefficient (Wildman–Crippen LogP) is 0.805. The standard InChI is InChI=1S/C21H25N5O3/c1-14-12-26(18-5-4-15(9-22)20-17(18)3-2-6-24-20)13-19(29-14)21(27)25-11-16-10-23-7-8-28-16/h2-6,14,16,19,23H,7-8,10-13H2,1H3,(H,25,27)/t14-,16-,19-/m1/s1. The van der Waals surface area contributed by atoms with Crippen molar-refractivity contribution in [3.05, 3.63) is 36.0 Å². The minimum absolute atomic E-state index is 0.0154. The maximum absolute atomic E-state index is 12.7. The molecule has 2 fully saturated rings. The van der Waals surface area contributed by atoms with E-state index in [1.165, 1.54) is 0 Å². The van der Waals surface area contributed by atoms with Gasteiger partial charge in [0, 0.05) is 43.4 Å². The van der Waals surface area contributed by atoms with Crippen LogP contribution < -0.4 is 15.5 Å². The number of ether oxygens (including phenoxy) is 2. The maximum Gasteiger partial charge on any atom is 0.251 e. The molecule has 2 aliphatic heterocycles. The number of amides is 1. The van der Waals surface area contributed by atoms with Crippen molar-refractivity contribution in [3.8, 4) is 6.07 Å². The highest BCUT2D eigenvalue weighted by molar-refractivity contribution is 5.95. The Bertz CT molecular complexity index is 922. The lowest BCUT2D eigenvalue weighted by Gasteiger charge is -2.38. The number of carbonyl (C=O) groups is 1. The summed E-state index contributed by atoms with van der Waals surface area (Å²) in [6.07, 6.45) is 0.998. The van der Waals surface area contributed by atoms with Crippen molar-refractivity contribution >= 4 is 22.5 Å². The van der Waals surface area contributed by atoms with E-state index in [0.717, 1.165) is 24.2 Å². The molecule has 152 valence electrons. The molecule has 0 bridgehead atoms. The molecular weight excluding hydrogens is 370 g/mol. The average molecular weight is 395 g/mol. The third kappa shape index (κ3) is 4.32. The van der Waals surface area contributed by atoms with E-state index < -0.39 is 6.10 Å². The van der Waals surface area contributed by atoms with E-state index in [2.05, 4.69) is 26.6 Å². The molecule has 0 radical (unpaired) electrons. The first-order valence-electron chi connectivity index (χ1n) is 9.94. The Balaban J connectivity index is 1.50. The Hall–Kier alpha value is -2.73. The highest BCUT2D eigenvalue weighted by atomic mass is 16.5. The third-order valence-electron chi connectivity index (χ3n) is 5.27. The Labute approximate surface area is 169 Å². The van der Waals surface area contributed by atoms with Gasteiger partial charge in [-0.3, -0.25) is 9.78 Å². The number of hydrogen-bond acceptors (Lipinski definition) is 7. The van der Waals surface area contributed by atoms with Gasteiger partial charge in [-0.05, 0) is 31.2 Å². The van der Waals surface area contributed by atoms with Crippen molar-refractivity contribution in [1.29, 1.82) is 5.26 Å². The number of aromatic nitrogens is 1. The van der Waals surface area contributed by atoms with Gasteiger partial charge in [-0.25, -0.2) is 0 Å². The number of pyridine rings is 1. The van der Waals surface area contributed by atoms with E-state index in [1.54, 1.807) is 12.3 Å². The van der Waals surface area contributed by atoms with Crippen molar-refractivity contribution < 1.29 is 14.3 Å². The lowest BCUT2D eigenvalue weighted by atomic mass is 10.1. The number of benzene rings is 1. The SMILES string of the molecule is C[C@@H]1CN(c2ccc(C#N)c3ncccc23)C[C@H](C(=O)NC[C@H]2CNCCO2)O1. The fourth-order valence-electron chi connectivity index (χ4n) is 3.90. The number of morpholine rings is 2. The Morgan fingerprint density at radius 3 is 3.10 bits per heavy atom. The fourth-order valence-corrected chi connectivity index (χ4v) is 3.90. The summed E-state index contributed by atoms with van der Waals surface area (Å²) in [6.45, 7) is 5.76. The highest BCUT2D eigenvalue weighted by Gasteiger charge is 2.31. The predicted molar refractivity (Wildman–Crippen MR) is 109 cm³/mol. The zero-order valence-corrected chi connectivity index (χ0v) is 16.4. The first-order valence-corrected chi connectivity index (χ1v) is 9.94. The first kappa shape index (κ1) is 19.6. The van der Waals surface area contributed by atoms with Crippen LogP contribution >= 0.6 is 0 Å². The summed E-state index contributed by atoms with van der Waals surface area (Å²) in [6, 6.07) is 9.73. The molecule has 1 amide bonds. The zero-order valence-electron chi connectivity index (χ0n) is 16.4. The van der Waals surface area contributed by atoms with Crippen LogP contribution in [0.4, 0.5) is 5.69 Å². The van der Waals surface area contributed by atoms with Crippen LogP contribution in [0.3, 0.4) is 0 Å². The molecule has 3 heterocycles. The first-order chi connectivity index (χ1) is 14.2. The fraction of sp³-hybridized carbons (Fsp3) is 0.476. The van der Waals surface area contributed by atoms with Crippen LogP contribution in [0.15, 0.2) is 30.5 Å². The summed E-state index contributed by atoms with van der Waals surface area (Å²) >= 11 is 0. The molecule has 2 aromatic rings. The minimum atomic E-state index is -0.572. The normalized spacial score (nSPS) is 24.8. The molecule has 2 N–H and O–H groups in total. The summed E-state index contributed by atoms with van der Waals surface area (Å²) in [7, 11) is 0. The largest absolute Gasteiger partial charge is 0.374 e. The smallest absolute Gasteiger partial charge is 0.251 e. The van der Waals surface area contributed by atoms with Crippen LogP contribution in [0.2, 0.25) is 0 Å². The number of nitrogens with one attached hydrogen (secondary N) is 2. The molecular formula is C21H25N5O3. The second-order valence-electron chi connectivity index (χ2n) is 7.43. The van der Waals surface area contributed by atoms with E-state index in [0.29, 0.717) is 37.3 Å².